The number of amides is 1. The number of nitrogens with zero attached hydrogens (tertiary/aromatic N) is 3. The molecular weight excluding hydrogens is 374 g/mol. The van der Waals surface area contributed by atoms with Gasteiger partial charge in [-0.15, -0.1) is 0 Å². The lowest BCUT2D eigenvalue weighted by Crippen LogP contribution is -2.23. The Kier molecular flexibility index (Phi) is 4.24. The molecule has 2 N–H and O–H groups in total. The fourth-order valence-electron chi connectivity index (χ4n) is 3.06. The molecule has 3 aromatic heterocycles. The lowest BCUT2D eigenvalue weighted by atomic mass is 10.3. The van der Waals surface area contributed by atoms with Crippen molar-refractivity contribution in [1.29, 1.82) is 0 Å². The van der Waals surface area contributed by atoms with E-state index in [2.05, 4.69) is 20.5 Å². The Hall–Kier alpha value is -4.01. The number of benzene rings is 1. The summed E-state index contributed by atoms with van der Waals surface area (Å²) in [6, 6.07) is 12.8. The van der Waals surface area contributed by atoms with Crippen LogP contribution in [-0.4, -0.2) is 32.3 Å². The second-order valence-electron chi connectivity index (χ2n) is 6.44. The molecule has 1 aromatic carbocycles. The molecule has 4 heterocycles. The summed E-state index contributed by atoms with van der Waals surface area (Å²) in [7, 11) is 0. The number of carbonyl (C=O) groups excluding carboxylic acids is 1. The summed E-state index contributed by atoms with van der Waals surface area (Å²) in [5.74, 6) is 1.72. The van der Waals surface area contributed by atoms with Gasteiger partial charge in [0.25, 0.3) is 5.91 Å². The third kappa shape index (κ3) is 3.45. The molecule has 0 bridgehead atoms. The van der Waals surface area contributed by atoms with Gasteiger partial charge < -0.3 is 23.9 Å². The summed E-state index contributed by atoms with van der Waals surface area (Å²) in [6.45, 7) is 0.806. The van der Waals surface area contributed by atoms with Crippen LogP contribution in [0.4, 0.5) is 0 Å². The fourth-order valence-corrected chi connectivity index (χ4v) is 3.06. The second kappa shape index (κ2) is 7.19. The molecule has 0 fully saturated rings. The predicted octanol–water partition coefficient (Wildman–Crippen LogP) is 2.30. The number of pyridine rings is 1. The van der Waals surface area contributed by atoms with Crippen molar-refractivity contribution < 1.29 is 19.0 Å². The standard InChI is InChI=1S/C20H17N5O4/c26-20(22-10-14-9-21-19-3-1-2-6-25(14)19)16-7-13(23-24-16)11-27-15-4-5-17-18(8-15)29-12-28-17/h1-9H,10-12H2,(H,22,26)(H,23,24). The molecule has 4 aromatic rings. The summed E-state index contributed by atoms with van der Waals surface area (Å²) in [5.41, 5.74) is 2.70. The highest BCUT2D eigenvalue weighted by atomic mass is 16.7. The Labute approximate surface area is 165 Å². The first-order chi connectivity index (χ1) is 14.3. The van der Waals surface area contributed by atoms with Gasteiger partial charge in [0.2, 0.25) is 6.79 Å². The highest BCUT2D eigenvalue weighted by Crippen LogP contribution is 2.35. The molecule has 1 aliphatic rings. The van der Waals surface area contributed by atoms with Crippen LogP contribution in [0.5, 0.6) is 17.2 Å². The van der Waals surface area contributed by atoms with Gasteiger partial charge in [-0.3, -0.25) is 9.89 Å². The van der Waals surface area contributed by atoms with E-state index in [0.717, 1.165) is 11.3 Å². The molecule has 0 atom stereocenters. The van der Waals surface area contributed by atoms with Crippen molar-refractivity contribution in [3.05, 3.63) is 71.9 Å². The van der Waals surface area contributed by atoms with Crippen LogP contribution >= 0.6 is 0 Å². The molecule has 0 radical (unpaired) electrons. The van der Waals surface area contributed by atoms with Gasteiger partial charge in [-0.05, 0) is 30.3 Å². The Bertz CT molecular complexity index is 1180. The zero-order valence-electron chi connectivity index (χ0n) is 15.3. The van der Waals surface area contributed by atoms with E-state index in [1.54, 1.807) is 30.5 Å². The lowest BCUT2D eigenvalue weighted by molar-refractivity contribution is 0.0945. The van der Waals surface area contributed by atoms with Crippen molar-refractivity contribution in [2.24, 2.45) is 0 Å². The zero-order chi connectivity index (χ0) is 19.6. The van der Waals surface area contributed by atoms with Gasteiger partial charge in [0.05, 0.1) is 24.1 Å². The summed E-state index contributed by atoms with van der Waals surface area (Å²) in [4.78, 5) is 16.7. The molecule has 1 amide bonds. The molecule has 0 spiro atoms. The number of aromatic nitrogens is 4. The van der Waals surface area contributed by atoms with Gasteiger partial charge in [-0.1, -0.05) is 6.07 Å². The third-order valence-corrected chi connectivity index (χ3v) is 4.53. The fraction of sp³-hybridized carbons (Fsp3) is 0.150. The van der Waals surface area contributed by atoms with E-state index in [1.165, 1.54) is 0 Å². The van der Waals surface area contributed by atoms with Crippen molar-refractivity contribution >= 4 is 11.6 Å². The van der Waals surface area contributed by atoms with Gasteiger partial charge in [0, 0.05) is 12.3 Å². The molecule has 0 unspecified atom stereocenters. The summed E-state index contributed by atoms with van der Waals surface area (Å²) in [6.07, 6.45) is 3.65. The average molecular weight is 391 g/mol. The van der Waals surface area contributed by atoms with E-state index < -0.39 is 0 Å². The predicted molar refractivity (Wildman–Crippen MR) is 102 cm³/mol. The Morgan fingerprint density at radius 3 is 3.10 bits per heavy atom. The molecule has 146 valence electrons. The number of hydrogen-bond donors (Lipinski definition) is 2. The SMILES string of the molecule is O=C(NCc1cnc2ccccn12)c1cc(COc2ccc3c(c2)OCO3)[nH]n1. The number of rotatable bonds is 6. The van der Waals surface area contributed by atoms with Crippen LogP contribution in [-0.2, 0) is 13.2 Å². The van der Waals surface area contributed by atoms with E-state index in [0.29, 0.717) is 35.2 Å². The highest BCUT2D eigenvalue weighted by Gasteiger charge is 2.15. The van der Waals surface area contributed by atoms with Crippen molar-refractivity contribution in [2.75, 3.05) is 6.79 Å². The molecule has 29 heavy (non-hydrogen) atoms. The Balaban J connectivity index is 1.19. The van der Waals surface area contributed by atoms with Crippen LogP contribution in [0, 0.1) is 0 Å². The molecule has 0 saturated carbocycles. The maximum Gasteiger partial charge on any atom is 0.272 e. The highest BCUT2D eigenvalue weighted by molar-refractivity contribution is 5.92. The van der Waals surface area contributed by atoms with Gasteiger partial charge >= 0.3 is 0 Å². The first-order valence-corrected chi connectivity index (χ1v) is 9.02. The van der Waals surface area contributed by atoms with Gasteiger partial charge in [-0.25, -0.2) is 4.98 Å². The number of H-pyrrole nitrogens is 1. The van der Waals surface area contributed by atoms with Crippen LogP contribution in [0.2, 0.25) is 0 Å². The van der Waals surface area contributed by atoms with Gasteiger partial charge in [0.15, 0.2) is 11.5 Å². The smallest absolute Gasteiger partial charge is 0.272 e. The maximum atomic E-state index is 12.4. The summed E-state index contributed by atoms with van der Waals surface area (Å²) >= 11 is 0. The number of ether oxygens (including phenoxy) is 3. The maximum absolute atomic E-state index is 12.4. The topological polar surface area (TPSA) is 103 Å². The first-order valence-electron chi connectivity index (χ1n) is 9.02. The van der Waals surface area contributed by atoms with Crippen molar-refractivity contribution in [2.45, 2.75) is 13.2 Å². The molecule has 5 rings (SSSR count). The monoisotopic (exact) mass is 391 g/mol. The summed E-state index contributed by atoms with van der Waals surface area (Å²) < 4.78 is 18.3. The lowest BCUT2D eigenvalue weighted by Gasteiger charge is -2.05. The Morgan fingerprint density at radius 1 is 1.21 bits per heavy atom. The van der Waals surface area contributed by atoms with E-state index in [4.69, 9.17) is 14.2 Å². The van der Waals surface area contributed by atoms with Crippen LogP contribution < -0.4 is 19.5 Å². The zero-order valence-corrected chi connectivity index (χ0v) is 15.3. The number of carbonyl (C=O) groups is 1. The molecular formula is C20H17N5O4. The molecule has 9 heteroatoms. The number of fused-ring (bicyclic) bond motifs is 2. The summed E-state index contributed by atoms with van der Waals surface area (Å²) in [5, 5.41) is 9.74. The minimum absolute atomic E-state index is 0.215. The molecule has 9 nitrogen and oxygen atoms in total. The molecule has 1 aliphatic heterocycles. The van der Waals surface area contributed by atoms with Crippen LogP contribution in [0.25, 0.3) is 5.65 Å². The van der Waals surface area contributed by atoms with Crippen LogP contribution in [0.3, 0.4) is 0 Å². The minimum atomic E-state index is -0.276. The van der Waals surface area contributed by atoms with E-state index >= 15 is 0 Å². The van der Waals surface area contributed by atoms with Crippen LogP contribution in [0.1, 0.15) is 21.9 Å². The second-order valence-corrected chi connectivity index (χ2v) is 6.44. The molecule has 0 aliphatic carbocycles. The van der Waals surface area contributed by atoms with Crippen molar-refractivity contribution in [3.63, 3.8) is 0 Å². The number of hydrogen-bond acceptors (Lipinski definition) is 6. The van der Waals surface area contributed by atoms with Crippen LogP contribution in [0.15, 0.2) is 54.9 Å². The Morgan fingerprint density at radius 2 is 2.14 bits per heavy atom. The van der Waals surface area contributed by atoms with E-state index in [1.807, 2.05) is 28.8 Å². The number of imidazole rings is 1. The van der Waals surface area contributed by atoms with E-state index in [9.17, 15) is 4.79 Å². The van der Waals surface area contributed by atoms with Crippen molar-refractivity contribution in [1.82, 2.24) is 24.9 Å². The number of nitrogens with one attached hydrogen (secondary N) is 2. The normalized spacial score (nSPS) is 12.3. The largest absolute Gasteiger partial charge is 0.487 e. The average Bonchev–Trinajstić information content (AvgIpc) is 3.49. The van der Waals surface area contributed by atoms with Crippen molar-refractivity contribution in [3.8, 4) is 17.2 Å². The molecule has 0 saturated heterocycles. The van der Waals surface area contributed by atoms with E-state index in [-0.39, 0.29) is 19.3 Å². The first kappa shape index (κ1) is 17.1. The number of aromatic amines is 1. The van der Waals surface area contributed by atoms with Gasteiger partial charge in [0.1, 0.15) is 23.7 Å². The minimum Gasteiger partial charge on any atom is -0.487 e. The third-order valence-electron chi connectivity index (χ3n) is 4.53. The quantitative estimate of drug-likeness (QED) is 0.523. The van der Waals surface area contributed by atoms with Gasteiger partial charge in [-0.2, -0.15) is 5.10 Å².